The van der Waals surface area contributed by atoms with Crippen LogP contribution in [0.5, 0.6) is 0 Å². The molecular formula is C8H7N3O2. The Hall–Kier alpha value is -1.96. The molecule has 1 heterocycles. The van der Waals surface area contributed by atoms with Gasteiger partial charge in [-0.15, -0.1) is 0 Å². The van der Waals surface area contributed by atoms with Crippen molar-refractivity contribution in [2.75, 3.05) is 0 Å². The highest BCUT2D eigenvalue weighted by Crippen LogP contribution is 2.17. The van der Waals surface area contributed by atoms with E-state index in [1.165, 1.54) is 12.3 Å². The van der Waals surface area contributed by atoms with Crippen molar-refractivity contribution in [3.8, 4) is 6.07 Å². The zero-order valence-corrected chi connectivity index (χ0v) is 7.02. The molecule has 1 aromatic rings. The van der Waals surface area contributed by atoms with Crippen molar-refractivity contribution in [3.05, 3.63) is 33.6 Å². The molecule has 0 aliphatic carbocycles. The number of nitrogens with zero attached hydrogens (tertiary/aromatic N) is 3. The molecule has 5 heteroatoms. The first kappa shape index (κ1) is 9.13. The number of hydrogen-bond donors (Lipinski definition) is 0. The van der Waals surface area contributed by atoms with E-state index < -0.39 is 4.92 Å². The zero-order valence-electron chi connectivity index (χ0n) is 7.02. The first-order valence-corrected chi connectivity index (χ1v) is 3.62. The highest BCUT2D eigenvalue weighted by molar-refractivity contribution is 5.38. The summed E-state index contributed by atoms with van der Waals surface area (Å²) in [5, 5.41) is 18.9. The maximum Gasteiger partial charge on any atom is 0.292 e. The van der Waals surface area contributed by atoms with Gasteiger partial charge < -0.3 is 0 Å². The lowest BCUT2D eigenvalue weighted by molar-refractivity contribution is -0.385. The predicted octanol–water partition coefficient (Wildman–Crippen LogP) is 1.36. The summed E-state index contributed by atoms with van der Waals surface area (Å²) >= 11 is 0. The topological polar surface area (TPSA) is 79.8 Å². The van der Waals surface area contributed by atoms with Gasteiger partial charge in [-0.05, 0) is 12.5 Å². The average molecular weight is 177 g/mol. The van der Waals surface area contributed by atoms with Crippen LogP contribution in [0, 0.1) is 28.4 Å². The van der Waals surface area contributed by atoms with E-state index >= 15 is 0 Å². The molecule has 0 aliphatic heterocycles. The number of nitriles is 1. The van der Waals surface area contributed by atoms with E-state index in [4.69, 9.17) is 5.26 Å². The van der Waals surface area contributed by atoms with E-state index in [9.17, 15) is 10.1 Å². The first-order chi connectivity index (χ1) is 6.15. The van der Waals surface area contributed by atoms with Crippen LogP contribution in [0.15, 0.2) is 12.3 Å². The number of hydrogen-bond acceptors (Lipinski definition) is 4. The maximum absolute atomic E-state index is 10.5. The molecule has 5 nitrogen and oxygen atoms in total. The summed E-state index contributed by atoms with van der Waals surface area (Å²) in [6, 6.07) is 3.25. The van der Waals surface area contributed by atoms with E-state index in [1.54, 1.807) is 6.92 Å². The Morgan fingerprint density at radius 3 is 3.00 bits per heavy atom. The number of aryl methyl sites for hydroxylation is 1. The van der Waals surface area contributed by atoms with Crippen LogP contribution >= 0.6 is 0 Å². The molecule has 0 aliphatic rings. The standard InChI is InChI=1S/C8H7N3O2/c1-6-4-8(11(12)13)7(2-3-9)10-5-6/h4-5H,2H2,1H3. The fraction of sp³-hybridized carbons (Fsp3) is 0.250. The summed E-state index contributed by atoms with van der Waals surface area (Å²) in [6.45, 7) is 1.72. The van der Waals surface area contributed by atoms with Gasteiger partial charge in [0.25, 0.3) is 5.69 Å². The molecule has 0 spiro atoms. The SMILES string of the molecule is Cc1cnc(CC#N)c([N+](=O)[O-])c1. The van der Waals surface area contributed by atoms with Gasteiger partial charge in [-0.2, -0.15) is 5.26 Å². The van der Waals surface area contributed by atoms with Crippen LogP contribution < -0.4 is 0 Å². The smallest absolute Gasteiger partial charge is 0.258 e. The highest BCUT2D eigenvalue weighted by Gasteiger charge is 2.14. The summed E-state index contributed by atoms with van der Waals surface area (Å²) in [5.41, 5.74) is 0.855. The van der Waals surface area contributed by atoms with Crippen LogP contribution in [0.4, 0.5) is 5.69 Å². The fourth-order valence-corrected chi connectivity index (χ4v) is 0.951. The van der Waals surface area contributed by atoms with E-state index in [-0.39, 0.29) is 17.8 Å². The van der Waals surface area contributed by atoms with Crippen LogP contribution in [0.25, 0.3) is 0 Å². The maximum atomic E-state index is 10.5. The lowest BCUT2D eigenvalue weighted by atomic mass is 10.2. The molecule has 13 heavy (non-hydrogen) atoms. The van der Waals surface area contributed by atoms with Crippen LogP contribution in [-0.4, -0.2) is 9.91 Å². The molecular weight excluding hydrogens is 170 g/mol. The molecule has 0 aromatic carbocycles. The minimum absolute atomic E-state index is 0.0312. The van der Waals surface area contributed by atoms with Gasteiger partial charge in [0.2, 0.25) is 0 Å². The van der Waals surface area contributed by atoms with Gasteiger partial charge in [0, 0.05) is 12.3 Å². The van der Waals surface area contributed by atoms with Gasteiger partial charge in [-0.1, -0.05) is 0 Å². The molecule has 0 amide bonds. The van der Waals surface area contributed by atoms with Crippen molar-refractivity contribution in [1.29, 1.82) is 5.26 Å². The molecule has 0 unspecified atom stereocenters. The molecule has 1 rings (SSSR count). The summed E-state index contributed by atoms with van der Waals surface area (Å²) in [7, 11) is 0. The number of pyridine rings is 1. The third-order valence-corrected chi connectivity index (χ3v) is 1.53. The number of rotatable bonds is 2. The molecule has 0 radical (unpaired) electrons. The lowest BCUT2D eigenvalue weighted by Gasteiger charge is -1.97. The quantitative estimate of drug-likeness (QED) is 0.504. The summed E-state index contributed by atoms with van der Waals surface area (Å²) in [6.07, 6.45) is 1.48. The first-order valence-electron chi connectivity index (χ1n) is 3.62. The Morgan fingerprint density at radius 1 is 1.77 bits per heavy atom. The van der Waals surface area contributed by atoms with Crippen molar-refractivity contribution in [2.45, 2.75) is 13.3 Å². The van der Waals surface area contributed by atoms with Crippen molar-refractivity contribution in [3.63, 3.8) is 0 Å². The van der Waals surface area contributed by atoms with Gasteiger partial charge in [0.15, 0.2) is 0 Å². The van der Waals surface area contributed by atoms with Gasteiger partial charge >= 0.3 is 0 Å². The van der Waals surface area contributed by atoms with Crippen molar-refractivity contribution in [1.82, 2.24) is 4.98 Å². The molecule has 0 bridgehead atoms. The largest absolute Gasteiger partial charge is 0.292 e. The Labute approximate surface area is 74.8 Å². The Morgan fingerprint density at radius 2 is 2.46 bits per heavy atom. The van der Waals surface area contributed by atoms with Gasteiger partial charge in [-0.3, -0.25) is 15.1 Å². The van der Waals surface area contributed by atoms with Crippen LogP contribution in [0.3, 0.4) is 0 Å². The predicted molar refractivity (Wildman–Crippen MR) is 44.9 cm³/mol. The second-order valence-corrected chi connectivity index (χ2v) is 2.57. The van der Waals surface area contributed by atoms with Crippen LogP contribution in [-0.2, 0) is 6.42 Å². The van der Waals surface area contributed by atoms with Crippen LogP contribution in [0.2, 0.25) is 0 Å². The van der Waals surface area contributed by atoms with Crippen molar-refractivity contribution < 1.29 is 4.92 Å². The van der Waals surface area contributed by atoms with Crippen molar-refractivity contribution >= 4 is 5.69 Å². The Bertz CT molecular complexity index is 381. The second-order valence-electron chi connectivity index (χ2n) is 2.57. The minimum Gasteiger partial charge on any atom is -0.258 e. The van der Waals surface area contributed by atoms with E-state index in [0.717, 1.165) is 0 Å². The third kappa shape index (κ3) is 1.99. The van der Waals surface area contributed by atoms with E-state index in [0.29, 0.717) is 5.56 Å². The summed E-state index contributed by atoms with van der Waals surface area (Å²) in [5.74, 6) is 0. The van der Waals surface area contributed by atoms with Gasteiger partial charge in [-0.25, -0.2) is 0 Å². The number of aromatic nitrogens is 1. The van der Waals surface area contributed by atoms with E-state index in [2.05, 4.69) is 4.98 Å². The fourth-order valence-electron chi connectivity index (χ4n) is 0.951. The molecule has 0 N–H and O–H groups in total. The van der Waals surface area contributed by atoms with Crippen LogP contribution in [0.1, 0.15) is 11.3 Å². The summed E-state index contributed by atoms with van der Waals surface area (Å²) in [4.78, 5) is 13.8. The lowest BCUT2D eigenvalue weighted by Crippen LogP contribution is -1.98. The minimum atomic E-state index is -0.521. The zero-order chi connectivity index (χ0) is 9.84. The average Bonchev–Trinajstić information content (AvgIpc) is 2.08. The van der Waals surface area contributed by atoms with Gasteiger partial charge in [0.05, 0.1) is 17.4 Å². The molecule has 0 fully saturated rings. The Balaban J connectivity index is 3.20. The molecule has 1 aromatic heterocycles. The Kier molecular flexibility index (Phi) is 2.55. The van der Waals surface area contributed by atoms with Crippen molar-refractivity contribution in [2.24, 2.45) is 0 Å². The number of nitro groups is 1. The third-order valence-electron chi connectivity index (χ3n) is 1.53. The van der Waals surface area contributed by atoms with E-state index in [1.807, 2.05) is 6.07 Å². The molecule has 0 atom stereocenters. The normalized spacial score (nSPS) is 9.23. The molecule has 66 valence electrons. The van der Waals surface area contributed by atoms with Gasteiger partial charge in [0.1, 0.15) is 5.69 Å². The monoisotopic (exact) mass is 177 g/mol. The second kappa shape index (κ2) is 3.63. The molecule has 0 saturated heterocycles. The highest BCUT2D eigenvalue weighted by atomic mass is 16.6. The molecule has 0 saturated carbocycles. The summed E-state index contributed by atoms with van der Waals surface area (Å²) < 4.78 is 0.